The number of halogens is 2. The molecule has 0 aliphatic carbocycles. The molecule has 2 heterocycles. The number of nitrogens with one attached hydrogen (secondary N) is 2. The molecule has 0 amide bonds. The van der Waals surface area contributed by atoms with Crippen LogP contribution in [0.4, 0.5) is 15.8 Å². The highest BCUT2D eigenvalue weighted by Gasteiger charge is 2.28. The molecule has 0 bridgehead atoms. The Morgan fingerprint density at radius 3 is 2.82 bits per heavy atom. The van der Waals surface area contributed by atoms with Crippen molar-refractivity contribution in [1.29, 1.82) is 0 Å². The number of thiophene rings is 1. The van der Waals surface area contributed by atoms with Crippen LogP contribution in [0.2, 0.25) is 0 Å². The number of methoxy groups -OCH3 is 1. The quantitative estimate of drug-likeness (QED) is 0.288. The highest BCUT2D eigenvalue weighted by molar-refractivity contribution is 9.10. The summed E-state index contributed by atoms with van der Waals surface area (Å²) >= 11 is 5.37. The molecule has 8 heteroatoms. The summed E-state index contributed by atoms with van der Waals surface area (Å²) in [6.45, 7) is 6.34. The van der Waals surface area contributed by atoms with E-state index in [0.29, 0.717) is 13.1 Å². The van der Waals surface area contributed by atoms with Crippen LogP contribution in [0, 0.1) is 11.8 Å². The van der Waals surface area contributed by atoms with E-state index >= 15 is 0 Å². The zero-order valence-corrected chi connectivity index (χ0v) is 23.2. The van der Waals surface area contributed by atoms with E-state index in [2.05, 4.69) is 76.0 Å². The van der Waals surface area contributed by atoms with Gasteiger partial charge in [-0.25, -0.2) is 4.39 Å². The first-order valence-electron chi connectivity index (χ1n) is 11.3. The third-order valence-electron chi connectivity index (χ3n) is 6.01. The average Bonchev–Trinajstić information content (AvgIpc) is 3.15. The lowest BCUT2D eigenvalue weighted by atomic mass is 10.0. The molecule has 2 atom stereocenters. The summed E-state index contributed by atoms with van der Waals surface area (Å²) in [4.78, 5) is 3.01. The molecule has 180 valence electrons. The fourth-order valence-electron chi connectivity index (χ4n) is 4.07. The molecule has 2 unspecified atom stereocenters. The van der Waals surface area contributed by atoms with Crippen LogP contribution in [-0.2, 0) is 0 Å². The summed E-state index contributed by atoms with van der Waals surface area (Å²) in [5.41, 5.74) is 1.92. The monoisotopic (exact) mass is 561 g/mol. The summed E-state index contributed by atoms with van der Waals surface area (Å²) in [5, 5.41) is 9.24. The maximum atomic E-state index is 14.6. The number of nitrogens with zero attached hydrogens (tertiary/aromatic N) is 1. The van der Waals surface area contributed by atoms with Gasteiger partial charge in [-0.3, -0.25) is 0 Å². The van der Waals surface area contributed by atoms with Crippen molar-refractivity contribution in [2.75, 3.05) is 57.8 Å². The van der Waals surface area contributed by atoms with Crippen molar-refractivity contribution in [3.8, 4) is 17.6 Å². The number of hydrogen-bond acceptors (Lipinski definition) is 5. The second-order valence-electron chi connectivity index (χ2n) is 8.68. The van der Waals surface area contributed by atoms with Crippen LogP contribution in [0.3, 0.4) is 0 Å². The predicted molar refractivity (Wildman–Crippen MR) is 151 cm³/mol. The van der Waals surface area contributed by atoms with E-state index in [9.17, 15) is 4.39 Å². The molecular weight excluding hydrogens is 532 g/mol. The number of hydrogen-bond donors (Lipinski definition) is 2. The van der Waals surface area contributed by atoms with Crippen LogP contribution in [0.5, 0.6) is 5.75 Å². The number of anilines is 2. The van der Waals surface area contributed by atoms with E-state index in [1.807, 2.05) is 24.1 Å². The van der Waals surface area contributed by atoms with Gasteiger partial charge < -0.3 is 20.3 Å². The fourth-order valence-corrected chi connectivity index (χ4v) is 6.67. The normalized spacial score (nSPS) is 18.6. The molecule has 1 aliphatic rings. The molecule has 34 heavy (non-hydrogen) atoms. The zero-order valence-electron chi connectivity index (χ0n) is 19.9. The molecule has 1 fully saturated rings. The molecule has 1 aromatic heterocycles. The molecular formula is C26H30BrFN3OPS. The molecule has 0 spiro atoms. The van der Waals surface area contributed by atoms with Crippen LogP contribution >= 0.6 is 35.2 Å². The van der Waals surface area contributed by atoms with E-state index in [1.54, 1.807) is 18.4 Å². The minimum Gasteiger partial charge on any atom is -0.495 e. The van der Waals surface area contributed by atoms with Crippen molar-refractivity contribution in [1.82, 2.24) is 4.90 Å². The number of benzene rings is 2. The van der Waals surface area contributed by atoms with E-state index in [1.165, 1.54) is 5.30 Å². The third kappa shape index (κ3) is 5.69. The standard InChI is InChI=1S/C26H30BrFN3OPS/c1-31-14-12-20(19(28)16-31)30-22-8-5-7-18-25(27)24(34-26(18)22)9-6-13-29-21-11-10-17(33(3)4)15-23(21)32-2/h5,7-8,10-11,15,19-20,29-30H,12-14,16H2,1-4H3. The number of fused-ring (bicyclic) bond motifs is 1. The van der Waals surface area contributed by atoms with Gasteiger partial charge in [0.15, 0.2) is 0 Å². The Morgan fingerprint density at radius 2 is 2.09 bits per heavy atom. The van der Waals surface area contributed by atoms with Gasteiger partial charge in [0, 0.05) is 18.5 Å². The number of ether oxygens (including phenoxy) is 1. The summed E-state index contributed by atoms with van der Waals surface area (Å²) in [5.74, 6) is 7.38. The molecule has 2 N–H and O–H groups in total. The van der Waals surface area contributed by atoms with E-state index in [4.69, 9.17) is 4.74 Å². The van der Waals surface area contributed by atoms with Crippen LogP contribution in [-0.4, -0.2) is 64.2 Å². The van der Waals surface area contributed by atoms with Crippen molar-refractivity contribution in [2.24, 2.45) is 0 Å². The van der Waals surface area contributed by atoms with Crippen molar-refractivity contribution in [3.05, 3.63) is 45.7 Å². The van der Waals surface area contributed by atoms with Crippen molar-refractivity contribution < 1.29 is 9.13 Å². The number of piperidine rings is 1. The summed E-state index contributed by atoms with van der Waals surface area (Å²) in [6.07, 6.45) is -0.0860. The van der Waals surface area contributed by atoms with Gasteiger partial charge in [0.2, 0.25) is 0 Å². The van der Waals surface area contributed by atoms with Gasteiger partial charge in [0.25, 0.3) is 0 Å². The number of likely N-dealkylation sites (tertiary alicyclic amines) is 1. The lowest BCUT2D eigenvalue weighted by Crippen LogP contribution is -2.46. The first kappa shape index (κ1) is 25.3. The summed E-state index contributed by atoms with van der Waals surface area (Å²) in [7, 11) is 3.49. The molecule has 4 nitrogen and oxygen atoms in total. The predicted octanol–water partition coefficient (Wildman–Crippen LogP) is 5.96. The summed E-state index contributed by atoms with van der Waals surface area (Å²) in [6, 6.07) is 12.3. The Kier molecular flexibility index (Phi) is 8.37. The second-order valence-corrected chi connectivity index (χ2v) is 12.8. The maximum Gasteiger partial charge on any atom is 0.142 e. The molecule has 3 aromatic rings. The van der Waals surface area contributed by atoms with Crippen molar-refractivity contribution >= 4 is 62.0 Å². The molecule has 0 saturated carbocycles. The first-order chi connectivity index (χ1) is 16.4. The van der Waals surface area contributed by atoms with Gasteiger partial charge in [0.05, 0.1) is 45.1 Å². The Morgan fingerprint density at radius 1 is 1.26 bits per heavy atom. The smallest absolute Gasteiger partial charge is 0.142 e. The van der Waals surface area contributed by atoms with E-state index < -0.39 is 6.17 Å². The lowest BCUT2D eigenvalue weighted by Gasteiger charge is -2.33. The van der Waals surface area contributed by atoms with Crippen molar-refractivity contribution in [2.45, 2.75) is 18.6 Å². The van der Waals surface area contributed by atoms with Crippen LogP contribution in [0.25, 0.3) is 10.1 Å². The van der Waals surface area contributed by atoms with Gasteiger partial charge in [-0.15, -0.1) is 11.3 Å². The number of alkyl halides is 1. The fraction of sp³-hybridized carbons (Fsp3) is 0.385. The van der Waals surface area contributed by atoms with E-state index in [-0.39, 0.29) is 14.0 Å². The highest BCUT2D eigenvalue weighted by atomic mass is 79.9. The first-order valence-corrected chi connectivity index (χ1v) is 15.1. The number of rotatable bonds is 6. The lowest BCUT2D eigenvalue weighted by molar-refractivity contribution is 0.149. The van der Waals surface area contributed by atoms with Gasteiger partial charge in [-0.05, 0) is 66.2 Å². The topological polar surface area (TPSA) is 36.5 Å². The van der Waals surface area contributed by atoms with Gasteiger partial charge in [0.1, 0.15) is 11.9 Å². The average molecular weight is 562 g/mol. The Balaban J connectivity index is 1.49. The molecule has 0 radical (unpaired) electrons. The maximum absolute atomic E-state index is 14.6. The van der Waals surface area contributed by atoms with Crippen LogP contribution in [0.15, 0.2) is 40.9 Å². The van der Waals surface area contributed by atoms with Crippen LogP contribution < -0.4 is 20.7 Å². The molecule has 2 aromatic carbocycles. The second kappa shape index (κ2) is 11.3. The largest absolute Gasteiger partial charge is 0.495 e. The highest BCUT2D eigenvalue weighted by Crippen LogP contribution is 2.40. The molecule has 4 rings (SSSR count). The Hall–Kier alpha value is -1.84. The van der Waals surface area contributed by atoms with Gasteiger partial charge >= 0.3 is 0 Å². The minimum absolute atomic E-state index is 0.167. The van der Waals surface area contributed by atoms with Gasteiger partial charge in [-0.1, -0.05) is 38.0 Å². The van der Waals surface area contributed by atoms with Gasteiger partial charge in [-0.2, -0.15) is 0 Å². The Labute approximate surface area is 215 Å². The van der Waals surface area contributed by atoms with Crippen molar-refractivity contribution in [3.63, 3.8) is 0 Å². The Bertz CT molecular complexity index is 1220. The van der Waals surface area contributed by atoms with E-state index in [0.717, 1.165) is 49.5 Å². The zero-order chi connectivity index (χ0) is 24.2. The van der Waals surface area contributed by atoms with Crippen LogP contribution in [0.1, 0.15) is 11.3 Å². The SMILES string of the molecule is COc1cc(P(C)C)ccc1NCC#Cc1sc2c(NC3CCN(C)CC3F)cccc2c1Br. The molecule has 1 aliphatic heterocycles. The molecule has 1 saturated heterocycles. The third-order valence-corrected chi connectivity index (χ3v) is 9.56. The summed E-state index contributed by atoms with van der Waals surface area (Å²) < 4.78 is 22.2. The minimum atomic E-state index is -0.879.